The predicted molar refractivity (Wildman–Crippen MR) is 130 cm³/mol. The summed E-state index contributed by atoms with van der Waals surface area (Å²) in [5, 5.41) is 3.38. The van der Waals surface area contributed by atoms with Crippen LogP contribution >= 0.6 is 11.6 Å². The van der Waals surface area contributed by atoms with Crippen LogP contribution in [0.1, 0.15) is 17.2 Å². The molecule has 0 radical (unpaired) electrons. The summed E-state index contributed by atoms with van der Waals surface area (Å²) in [6.07, 6.45) is 3.64. The van der Waals surface area contributed by atoms with Gasteiger partial charge in [-0.05, 0) is 53.6 Å². The third-order valence-electron chi connectivity index (χ3n) is 6.94. The molecule has 3 aromatic carbocycles. The van der Waals surface area contributed by atoms with Crippen molar-refractivity contribution >= 4 is 46.8 Å². The maximum Gasteiger partial charge on any atom is 0.247 e. The van der Waals surface area contributed by atoms with Gasteiger partial charge in [0.05, 0.1) is 23.6 Å². The van der Waals surface area contributed by atoms with Gasteiger partial charge in [0.15, 0.2) is 0 Å². The Balaban J connectivity index is 1.45. The zero-order valence-corrected chi connectivity index (χ0v) is 19.0. The number of hydrogen-bond donors (Lipinski definition) is 1. The van der Waals surface area contributed by atoms with Crippen molar-refractivity contribution in [2.45, 2.75) is 12.1 Å². The molecule has 8 heteroatoms. The number of imide groups is 1. The monoisotopic (exact) mass is 487 g/mol. The lowest BCUT2D eigenvalue weighted by Gasteiger charge is -2.35. The van der Waals surface area contributed by atoms with Crippen molar-refractivity contribution in [3.8, 4) is 0 Å². The molecule has 6 rings (SSSR count). The number of carbonyl (C=O) groups is 3. The van der Waals surface area contributed by atoms with E-state index < -0.39 is 47.5 Å². The summed E-state index contributed by atoms with van der Waals surface area (Å²) >= 11 is 5.96. The van der Waals surface area contributed by atoms with Crippen LogP contribution in [0.15, 0.2) is 79.0 Å². The molecule has 0 spiro atoms. The molecule has 2 fully saturated rings. The molecular weight excluding hydrogens is 469 g/mol. The Hall–Kier alpha value is -3.97. The van der Waals surface area contributed by atoms with Gasteiger partial charge < -0.3 is 10.2 Å². The first kappa shape index (κ1) is 21.6. The molecule has 35 heavy (non-hydrogen) atoms. The van der Waals surface area contributed by atoms with Gasteiger partial charge in [0, 0.05) is 16.9 Å². The van der Waals surface area contributed by atoms with Crippen LogP contribution in [-0.2, 0) is 14.4 Å². The molecule has 3 aromatic rings. The van der Waals surface area contributed by atoms with Gasteiger partial charge in [0.1, 0.15) is 11.9 Å². The Kier molecular flexibility index (Phi) is 4.96. The summed E-state index contributed by atoms with van der Waals surface area (Å²) in [6.45, 7) is 0. The SMILES string of the molecule is O=C(Nc1ccc(Cl)cc1)[C@H]1[C@H]2C(=O)N(c3ccccc3F)C(=O)[C@H]2C2c3ccccc3C=CN21. The fraction of sp³-hybridized carbons (Fsp3) is 0.148. The van der Waals surface area contributed by atoms with Gasteiger partial charge in [-0.25, -0.2) is 9.29 Å². The minimum atomic E-state index is -0.977. The van der Waals surface area contributed by atoms with Crippen molar-refractivity contribution in [1.29, 1.82) is 0 Å². The minimum Gasteiger partial charge on any atom is -0.357 e. The Morgan fingerprint density at radius 2 is 1.57 bits per heavy atom. The second kappa shape index (κ2) is 8.06. The molecule has 3 aliphatic rings. The van der Waals surface area contributed by atoms with Crippen LogP contribution in [0.3, 0.4) is 0 Å². The van der Waals surface area contributed by atoms with Crippen LogP contribution in [0.25, 0.3) is 6.08 Å². The lowest BCUT2D eigenvalue weighted by Crippen LogP contribution is -2.46. The molecular formula is C27H19ClFN3O3. The van der Waals surface area contributed by atoms with E-state index >= 15 is 0 Å². The van der Waals surface area contributed by atoms with Gasteiger partial charge in [-0.15, -0.1) is 0 Å². The number of nitrogens with one attached hydrogen (secondary N) is 1. The largest absolute Gasteiger partial charge is 0.357 e. The van der Waals surface area contributed by atoms with Gasteiger partial charge in [0.2, 0.25) is 17.7 Å². The van der Waals surface area contributed by atoms with Crippen molar-refractivity contribution in [3.63, 3.8) is 0 Å². The summed E-state index contributed by atoms with van der Waals surface area (Å²) in [5.74, 6) is -4.00. The molecule has 0 bridgehead atoms. The summed E-state index contributed by atoms with van der Waals surface area (Å²) in [7, 11) is 0. The number of amides is 3. The normalized spacial score (nSPS) is 24.3. The van der Waals surface area contributed by atoms with Gasteiger partial charge in [-0.3, -0.25) is 14.4 Å². The van der Waals surface area contributed by atoms with Gasteiger partial charge in [0.25, 0.3) is 0 Å². The summed E-state index contributed by atoms with van der Waals surface area (Å²) in [4.78, 5) is 43.7. The van der Waals surface area contributed by atoms with E-state index in [-0.39, 0.29) is 5.69 Å². The quantitative estimate of drug-likeness (QED) is 0.547. The highest BCUT2D eigenvalue weighted by Crippen LogP contribution is 2.53. The average molecular weight is 488 g/mol. The second-order valence-corrected chi connectivity index (χ2v) is 9.23. The van der Waals surface area contributed by atoms with E-state index in [9.17, 15) is 18.8 Å². The lowest BCUT2D eigenvalue weighted by molar-refractivity contribution is -0.128. The summed E-state index contributed by atoms with van der Waals surface area (Å²) in [6, 6.07) is 18.4. The second-order valence-electron chi connectivity index (χ2n) is 8.79. The van der Waals surface area contributed by atoms with E-state index in [1.165, 1.54) is 18.2 Å². The van der Waals surface area contributed by atoms with Gasteiger partial charge in [-0.2, -0.15) is 0 Å². The number of nitrogens with zero attached hydrogens (tertiary/aromatic N) is 2. The molecule has 0 aliphatic carbocycles. The number of para-hydroxylation sites is 1. The first-order valence-electron chi connectivity index (χ1n) is 11.2. The number of anilines is 2. The van der Waals surface area contributed by atoms with Crippen LogP contribution in [0.4, 0.5) is 15.8 Å². The number of hydrogen-bond acceptors (Lipinski definition) is 4. The van der Waals surface area contributed by atoms with E-state index in [4.69, 9.17) is 11.6 Å². The standard InChI is InChI=1S/C27H19ClFN3O3/c28-16-9-11-17(12-10-16)30-25(33)24-22-21(23-18-6-2-1-5-15(18)13-14-31(23)24)26(34)32(27(22)35)20-8-4-3-7-19(20)29/h1-14,21-24H,(H,30,33)/t21-,22+,23?,24-/m1/s1. The van der Waals surface area contributed by atoms with Crippen molar-refractivity contribution in [3.05, 3.63) is 101 Å². The Bertz CT molecular complexity index is 1410. The maximum atomic E-state index is 14.7. The Morgan fingerprint density at radius 1 is 0.886 bits per heavy atom. The highest BCUT2D eigenvalue weighted by Gasteiger charge is 2.64. The fourth-order valence-corrected chi connectivity index (χ4v) is 5.60. The van der Waals surface area contributed by atoms with Crippen molar-refractivity contribution < 1.29 is 18.8 Å². The number of benzene rings is 3. The smallest absolute Gasteiger partial charge is 0.247 e. The van der Waals surface area contributed by atoms with Crippen LogP contribution < -0.4 is 10.2 Å². The van der Waals surface area contributed by atoms with Crippen molar-refractivity contribution in [2.75, 3.05) is 10.2 Å². The maximum absolute atomic E-state index is 14.7. The van der Waals surface area contributed by atoms with E-state index in [0.717, 1.165) is 16.0 Å². The number of rotatable bonds is 3. The van der Waals surface area contributed by atoms with Crippen LogP contribution in [0.5, 0.6) is 0 Å². The predicted octanol–water partition coefficient (Wildman–Crippen LogP) is 4.63. The molecule has 3 aliphatic heterocycles. The minimum absolute atomic E-state index is 0.0973. The first-order valence-corrected chi connectivity index (χ1v) is 11.6. The molecule has 0 saturated carbocycles. The summed E-state index contributed by atoms with van der Waals surface area (Å²) in [5.41, 5.74) is 2.18. The van der Waals surface area contributed by atoms with Crippen molar-refractivity contribution in [1.82, 2.24) is 4.90 Å². The number of fused-ring (bicyclic) bond motifs is 5. The highest BCUT2D eigenvalue weighted by molar-refractivity contribution is 6.30. The van der Waals surface area contributed by atoms with Gasteiger partial charge >= 0.3 is 0 Å². The third-order valence-corrected chi connectivity index (χ3v) is 7.19. The van der Waals surface area contributed by atoms with E-state index in [2.05, 4.69) is 5.32 Å². The molecule has 1 N–H and O–H groups in total. The fourth-order valence-electron chi connectivity index (χ4n) is 5.48. The summed E-state index contributed by atoms with van der Waals surface area (Å²) < 4.78 is 14.7. The molecule has 0 aromatic heterocycles. The van der Waals surface area contributed by atoms with E-state index in [0.29, 0.717) is 10.7 Å². The molecule has 3 amide bonds. The van der Waals surface area contributed by atoms with Gasteiger partial charge in [-0.1, -0.05) is 48.0 Å². The zero-order chi connectivity index (χ0) is 24.3. The molecule has 4 atom stereocenters. The van der Waals surface area contributed by atoms with Crippen molar-refractivity contribution in [2.24, 2.45) is 11.8 Å². The molecule has 3 heterocycles. The number of carbonyl (C=O) groups excluding carboxylic acids is 3. The average Bonchev–Trinajstić information content (AvgIpc) is 3.34. The van der Waals surface area contributed by atoms with E-state index in [1.54, 1.807) is 41.4 Å². The lowest BCUT2D eigenvalue weighted by atomic mass is 9.84. The first-order chi connectivity index (χ1) is 17.0. The third kappa shape index (κ3) is 3.26. The van der Waals surface area contributed by atoms with Crippen LogP contribution in [-0.4, -0.2) is 28.7 Å². The Labute approximate surface area is 205 Å². The molecule has 1 unspecified atom stereocenters. The van der Waals surface area contributed by atoms with Crippen LogP contribution in [0.2, 0.25) is 5.02 Å². The zero-order valence-electron chi connectivity index (χ0n) is 18.3. The van der Waals surface area contributed by atoms with E-state index in [1.807, 2.05) is 30.3 Å². The van der Waals surface area contributed by atoms with Crippen LogP contribution in [0, 0.1) is 17.7 Å². The highest BCUT2D eigenvalue weighted by atomic mass is 35.5. The number of halogens is 2. The topological polar surface area (TPSA) is 69.7 Å². The Morgan fingerprint density at radius 3 is 2.34 bits per heavy atom. The molecule has 6 nitrogen and oxygen atoms in total. The molecule has 174 valence electrons. The molecule has 2 saturated heterocycles.